The molecule has 5 rings (SSSR count). The summed E-state index contributed by atoms with van der Waals surface area (Å²) in [6, 6.07) is 12.3. The fourth-order valence-electron chi connectivity index (χ4n) is 5.33. The Labute approximate surface area is 241 Å². The van der Waals surface area contributed by atoms with Gasteiger partial charge < -0.3 is 15.4 Å². The van der Waals surface area contributed by atoms with Crippen molar-refractivity contribution in [2.75, 3.05) is 23.9 Å². The summed E-state index contributed by atoms with van der Waals surface area (Å²) in [5.74, 6) is -1.53. The van der Waals surface area contributed by atoms with E-state index in [4.69, 9.17) is 9.84 Å². The van der Waals surface area contributed by atoms with Crippen molar-refractivity contribution in [3.05, 3.63) is 64.8 Å². The number of rotatable bonds is 9. The van der Waals surface area contributed by atoms with E-state index in [1.807, 2.05) is 31.2 Å². The number of anilines is 1. The second kappa shape index (κ2) is 10.8. The molecule has 0 spiro atoms. The molecule has 224 valence electrons. The molecule has 1 aliphatic carbocycles. The molecule has 0 bridgehead atoms. The van der Waals surface area contributed by atoms with Crippen LogP contribution in [0.5, 0.6) is 5.75 Å². The summed E-state index contributed by atoms with van der Waals surface area (Å²) in [4.78, 5) is 26.3. The van der Waals surface area contributed by atoms with Gasteiger partial charge in [-0.05, 0) is 60.9 Å². The Kier molecular flexibility index (Phi) is 7.58. The van der Waals surface area contributed by atoms with Gasteiger partial charge in [-0.15, -0.1) is 0 Å². The van der Waals surface area contributed by atoms with E-state index in [9.17, 15) is 31.2 Å². The predicted molar refractivity (Wildman–Crippen MR) is 150 cm³/mol. The number of carbonyl (C=O) groups is 2. The number of hydrogen-bond acceptors (Lipinski definition) is 6. The number of nitrogens with zero attached hydrogens (tertiary/aromatic N) is 2. The highest BCUT2D eigenvalue weighted by molar-refractivity contribution is 7.91. The standard InChI is InChI=1S/C29H31F3N4O5S/c1-4-17-13-21(41-16-29(30,31)32)11-12-22(17)28(2)15-36-26(27(38)34-28)25(33-23(37)14-42(3,39)40)24(35-36)20-9-7-19(8-10-20)18-5-6-18/h7-13,18H,4-6,14-16H2,1-3H3,(H,33,37)(H,34,38)/t28-/m1/s1. The summed E-state index contributed by atoms with van der Waals surface area (Å²) in [5, 5.41) is 10.3. The van der Waals surface area contributed by atoms with Gasteiger partial charge >= 0.3 is 6.18 Å². The molecule has 1 saturated carbocycles. The number of hydrogen-bond donors (Lipinski definition) is 2. The molecular formula is C29H31F3N4O5S. The number of aromatic nitrogens is 2. The minimum Gasteiger partial charge on any atom is -0.484 e. The summed E-state index contributed by atoms with van der Waals surface area (Å²) in [5.41, 5.74) is 2.68. The van der Waals surface area contributed by atoms with Gasteiger partial charge in [0.25, 0.3) is 5.91 Å². The summed E-state index contributed by atoms with van der Waals surface area (Å²) in [7, 11) is -3.64. The number of amides is 2. The van der Waals surface area contributed by atoms with Crippen molar-refractivity contribution >= 4 is 27.3 Å². The Morgan fingerprint density at radius 1 is 1.19 bits per heavy atom. The molecule has 1 atom stereocenters. The van der Waals surface area contributed by atoms with Crippen molar-refractivity contribution in [3.63, 3.8) is 0 Å². The van der Waals surface area contributed by atoms with Crippen molar-refractivity contribution in [2.24, 2.45) is 0 Å². The van der Waals surface area contributed by atoms with Crippen molar-refractivity contribution in [2.45, 2.75) is 57.3 Å². The molecule has 42 heavy (non-hydrogen) atoms. The first kappa shape index (κ1) is 29.6. The zero-order valence-corrected chi connectivity index (χ0v) is 24.2. The maximum Gasteiger partial charge on any atom is 0.422 e. The fourth-order valence-corrected chi connectivity index (χ4v) is 5.88. The third kappa shape index (κ3) is 6.45. The Bertz CT molecular complexity index is 1650. The Balaban J connectivity index is 1.52. The quantitative estimate of drug-likeness (QED) is 0.369. The highest BCUT2D eigenvalue weighted by Gasteiger charge is 2.41. The smallest absolute Gasteiger partial charge is 0.422 e. The molecule has 1 fully saturated rings. The van der Waals surface area contributed by atoms with Crippen LogP contribution in [0.15, 0.2) is 42.5 Å². The van der Waals surface area contributed by atoms with Gasteiger partial charge in [0, 0.05) is 11.8 Å². The van der Waals surface area contributed by atoms with Crippen LogP contribution in [0.3, 0.4) is 0 Å². The molecule has 0 unspecified atom stereocenters. The van der Waals surface area contributed by atoms with E-state index in [2.05, 4.69) is 10.6 Å². The molecule has 0 saturated heterocycles. The molecule has 1 aromatic heterocycles. The van der Waals surface area contributed by atoms with Crippen LogP contribution in [0.4, 0.5) is 18.9 Å². The average molecular weight is 605 g/mol. The Morgan fingerprint density at radius 2 is 1.88 bits per heavy atom. The van der Waals surface area contributed by atoms with E-state index in [0.717, 1.165) is 19.1 Å². The van der Waals surface area contributed by atoms with E-state index in [0.29, 0.717) is 34.7 Å². The van der Waals surface area contributed by atoms with Crippen LogP contribution in [-0.2, 0) is 33.1 Å². The van der Waals surface area contributed by atoms with E-state index >= 15 is 0 Å². The molecule has 2 amide bonds. The SMILES string of the molecule is CCc1cc(OCC(F)(F)F)ccc1[C@@]1(C)Cn2nc(-c3ccc(C4CC4)cc3)c(NC(=O)CS(C)(=O)=O)c2C(=O)N1. The number of halogens is 3. The normalized spacial score (nSPS) is 18.8. The van der Waals surface area contributed by atoms with Gasteiger partial charge in [-0.2, -0.15) is 18.3 Å². The number of carbonyl (C=O) groups excluding carboxylic acids is 2. The molecule has 2 N–H and O–H groups in total. The van der Waals surface area contributed by atoms with Gasteiger partial charge in [-0.1, -0.05) is 37.3 Å². The minimum atomic E-state index is -4.48. The molecule has 2 aliphatic rings. The molecule has 0 radical (unpaired) electrons. The molecule has 2 aromatic carbocycles. The van der Waals surface area contributed by atoms with E-state index in [1.165, 1.54) is 22.4 Å². The fraction of sp³-hybridized carbons (Fsp3) is 0.414. The van der Waals surface area contributed by atoms with E-state index in [-0.39, 0.29) is 23.7 Å². The largest absolute Gasteiger partial charge is 0.484 e. The number of sulfone groups is 1. The first-order chi connectivity index (χ1) is 19.7. The lowest BCUT2D eigenvalue weighted by Crippen LogP contribution is -2.52. The summed E-state index contributed by atoms with van der Waals surface area (Å²) in [6.07, 6.45) is -0.825. The lowest BCUT2D eigenvalue weighted by Gasteiger charge is -2.37. The van der Waals surface area contributed by atoms with Crippen LogP contribution in [0.2, 0.25) is 0 Å². The number of ether oxygens (including phenoxy) is 1. The van der Waals surface area contributed by atoms with Gasteiger partial charge in [0.05, 0.1) is 12.1 Å². The van der Waals surface area contributed by atoms with Crippen molar-refractivity contribution in [1.29, 1.82) is 0 Å². The van der Waals surface area contributed by atoms with Crippen LogP contribution in [-0.4, -0.2) is 54.8 Å². The number of nitrogens with one attached hydrogen (secondary N) is 2. The molecule has 3 aromatic rings. The van der Waals surface area contributed by atoms with Gasteiger partial charge in [0.15, 0.2) is 22.1 Å². The monoisotopic (exact) mass is 604 g/mol. The lowest BCUT2D eigenvalue weighted by atomic mass is 9.85. The second-order valence-electron chi connectivity index (χ2n) is 11.1. The van der Waals surface area contributed by atoms with Crippen molar-refractivity contribution in [3.8, 4) is 17.0 Å². The van der Waals surface area contributed by atoms with Gasteiger partial charge in [-0.3, -0.25) is 14.3 Å². The summed E-state index contributed by atoms with van der Waals surface area (Å²) >= 11 is 0. The average Bonchev–Trinajstić information content (AvgIpc) is 3.68. The Morgan fingerprint density at radius 3 is 2.48 bits per heavy atom. The second-order valence-corrected chi connectivity index (χ2v) is 13.2. The Hall–Kier alpha value is -3.87. The van der Waals surface area contributed by atoms with Crippen LogP contribution in [0, 0.1) is 0 Å². The maximum absolute atomic E-state index is 13.6. The zero-order valence-electron chi connectivity index (χ0n) is 23.3. The number of benzene rings is 2. The first-order valence-electron chi connectivity index (χ1n) is 13.5. The minimum absolute atomic E-state index is 0.0613. The number of alkyl halides is 3. The van der Waals surface area contributed by atoms with Crippen molar-refractivity contribution in [1.82, 2.24) is 15.1 Å². The van der Waals surface area contributed by atoms with Crippen LogP contribution in [0.25, 0.3) is 11.3 Å². The highest BCUT2D eigenvalue weighted by atomic mass is 32.2. The molecular weight excluding hydrogens is 573 g/mol. The molecule has 1 aliphatic heterocycles. The van der Waals surface area contributed by atoms with Crippen LogP contribution in [0.1, 0.15) is 59.8 Å². The van der Waals surface area contributed by atoms with Gasteiger partial charge in [0.1, 0.15) is 22.9 Å². The van der Waals surface area contributed by atoms with Crippen LogP contribution >= 0.6 is 0 Å². The van der Waals surface area contributed by atoms with Crippen LogP contribution < -0.4 is 15.4 Å². The first-order valence-corrected chi connectivity index (χ1v) is 15.6. The number of fused-ring (bicyclic) bond motifs is 1. The topological polar surface area (TPSA) is 119 Å². The molecule has 2 heterocycles. The third-order valence-electron chi connectivity index (χ3n) is 7.37. The van der Waals surface area contributed by atoms with Crippen molar-refractivity contribution < 1.29 is 35.9 Å². The summed E-state index contributed by atoms with van der Waals surface area (Å²) < 4.78 is 68.0. The number of aryl methyl sites for hydroxylation is 1. The zero-order chi connectivity index (χ0) is 30.4. The molecule has 13 heteroatoms. The lowest BCUT2D eigenvalue weighted by molar-refractivity contribution is -0.153. The molecule has 9 nitrogen and oxygen atoms in total. The van der Waals surface area contributed by atoms with Gasteiger partial charge in [0.2, 0.25) is 5.91 Å². The predicted octanol–water partition coefficient (Wildman–Crippen LogP) is 4.57. The maximum atomic E-state index is 13.6. The van der Waals surface area contributed by atoms with E-state index in [1.54, 1.807) is 13.0 Å². The third-order valence-corrected chi connectivity index (χ3v) is 8.15. The highest BCUT2D eigenvalue weighted by Crippen LogP contribution is 2.42. The van der Waals surface area contributed by atoms with Gasteiger partial charge in [-0.25, -0.2) is 8.42 Å². The van der Waals surface area contributed by atoms with E-state index < -0.39 is 45.7 Å². The summed E-state index contributed by atoms with van der Waals surface area (Å²) in [6.45, 7) is 2.35.